The van der Waals surface area contributed by atoms with Crippen LogP contribution in [0.4, 0.5) is 5.82 Å². The lowest BCUT2D eigenvalue weighted by atomic mass is 10.2. The van der Waals surface area contributed by atoms with E-state index in [4.69, 9.17) is 9.97 Å². The maximum Gasteiger partial charge on any atom is 0.162 e. The molecule has 2 aromatic heterocycles. The van der Waals surface area contributed by atoms with E-state index < -0.39 is 0 Å². The highest BCUT2D eigenvalue weighted by Gasteiger charge is 2.20. The van der Waals surface area contributed by atoms with Crippen molar-refractivity contribution in [2.75, 3.05) is 44.6 Å². The minimum Gasteiger partial charge on any atom is -0.368 e. The molecule has 0 saturated carbocycles. The van der Waals surface area contributed by atoms with Crippen molar-refractivity contribution in [1.29, 1.82) is 0 Å². The Balaban J connectivity index is 1.51. The van der Waals surface area contributed by atoms with Crippen LogP contribution in [0.1, 0.15) is 13.8 Å². The maximum atomic E-state index is 4.84. The monoisotopic (exact) mass is 381 g/mol. The number of anilines is 1. The van der Waals surface area contributed by atoms with Crippen molar-refractivity contribution in [2.24, 2.45) is 0 Å². The number of fused-ring (bicyclic) bond motifs is 1. The maximum absolute atomic E-state index is 4.84. The molecule has 0 spiro atoms. The van der Waals surface area contributed by atoms with Crippen molar-refractivity contribution in [2.45, 2.75) is 19.9 Å². The first-order valence-electron chi connectivity index (χ1n) is 9.74. The molecule has 6 heteroatoms. The molecule has 4 rings (SSSR count). The lowest BCUT2D eigenvalue weighted by molar-refractivity contribution is 0.110. The van der Waals surface area contributed by atoms with Gasteiger partial charge in [-0.25, -0.2) is 9.97 Å². The van der Waals surface area contributed by atoms with Crippen molar-refractivity contribution in [3.05, 3.63) is 41.1 Å². The van der Waals surface area contributed by atoms with E-state index in [2.05, 4.69) is 64.0 Å². The summed E-state index contributed by atoms with van der Waals surface area (Å²) in [5.41, 5.74) is 2.07. The first-order chi connectivity index (χ1) is 13.2. The molecule has 1 unspecified atom stereocenters. The lowest BCUT2D eigenvalue weighted by Gasteiger charge is -2.37. The largest absolute Gasteiger partial charge is 0.368 e. The highest BCUT2D eigenvalue weighted by atomic mass is 32.1. The molecular formula is C21H27N5S. The van der Waals surface area contributed by atoms with Gasteiger partial charge in [-0.3, -0.25) is 4.90 Å². The van der Waals surface area contributed by atoms with Crippen LogP contribution in [-0.4, -0.2) is 65.1 Å². The predicted octanol–water partition coefficient (Wildman–Crippen LogP) is 3.80. The summed E-state index contributed by atoms with van der Waals surface area (Å²) in [4.78, 5) is 14.7. The molecule has 1 saturated heterocycles. The molecule has 1 aromatic carbocycles. The smallest absolute Gasteiger partial charge is 0.162 e. The third-order valence-corrected chi connectivity index (χ3v) is 6.11. The number of nitrogens with zero attached hydrogens (tertiary/aromatic N) is 4. The molecule has 1 fully saturated rings. The molecule has 1 atom stereocenters. The molecule has 0 radical (unpaired) electrons. The molecule has 1 aliphatic rings. The number of nitrogens with one attached hydrogen (secondary N) is 1. The van der Waals surface area contributed by atoms with Crippen LogP contribution >= 0.6 is 11.3 Å². The number of piperazine rings is 1. The van der Waals surface area contributed by atoms with Gasteiger partial charge in [0.2, 0.25) is 0 Å². The molecule has 1 aliphatic heterocycles. The average Bonchev–Trinajstić information content (AvgIpc) is 3.26. The molecule has 0 aliphatic carbocycles. The minimum atomic E-state index is 0.474. The third-order valence-electron chi connectivity index (χ3n) is 5.42. The van der Waals surface area contributed by atoms with Gasteiger partial charge in [-0.2, -0.15) is 11.3 Å². The van der Waals surface area contributed by atoms with Gasteiger partial charge >= 0.3 is 0 Å². The van der Waals surface area contributed by atoms with Gasteiger partial charge in [0.05, 0.1) is 5.52 Å². The van der Waals surface area contributed by atoms with Gasteiger partial charge in [0.15, 0.2) is 5.82 Å². The van der Waals surface area contributed by atoms with E-state index in [1.165, 1.54) is 13.1 Å². The zero-order valence-corrected chi connectivity index (χ0v) is 16.9. The zero-order chi connectivity index (χ0) is 18.6. The molecule has 142 valence electrons. The van der Waals surface area contributed by atoms with Gasteiger partial charge in [-0.1, -0.05) is 19.1 Å². The fourth-order valence-electron chi connectivity index (χ4n) is 3.63. The number of hydrogen-bond donors (Lipinski definition) is 1. The first kappa shape index (κ1) is 18.3. The van der Waals surface area contributed by atoms with Crippen LogP contribution in [0.25, 0.3) is 22.3 Å². The lowest BCUT2D eigenvalue weighted by Crippen LogP contribution is -2.51. The van der Waals surface area contributed by atoms with E-state index in [0.717, 1.165) is 54.3 Å². The van der Waals surface area contributed by atoms with Crippen LogP contribution in [0, 0.1) is 0 Å². The Hall–Kier alpha value is -2.02. The summed E-state index contributed by atoms with van der Waals surface area (Å²) < 4.78 is 0. The topological polar surface area (TPSA) is 44.3 Å². The van der Waals surface area contributed by atoms with Gasteiger partial charge in [-0.15, -0.1) is 0 Å². The minimum absolute atomic E-state index is 0.474. The SMILES string of the molecule is CCN1CCN(C(C)CNc2nc(-c3ccsc3)nc3ccccc23)CC1. The van der Waals surface area contributed by atoms with Crippen LogP contribution in [0.3, 0.4) is 0 Å². The summed E-state index contributed by atoms with van der Waals surface area (Å²) in [6, 6.07) is 10.8. The predicted molar refractivity (Wildman–Crippen MR) is 114 cm³/mol. The second-order valence-electron chi connectivity index (χ2n) is 7.13. The Morgan fingerprint density at radius 3 is 2.67 bits per heavy atom. The molecule has 5 nitrogen and oxygen atoms in total. The number of hydrogen-bond acceptors (Lipinski definition) is 6. The highest BCUT2D eigenvalue weighted by molar-refractivity contribution is 7.08. The van der Waals surface area contributed by atoms with Crippen molar-refractivity contribution >= 4 is 28.1 Å². The number of thiophene rings is 1. The van der Waals surface area contributed by atoms with Gasteiger partial charge in [-0.05, 0) is 37.0 Å². The van der Waals surface area contributed by atoms with E-state index in [1.807, 2.05) is 6.07 Å². The first-order valence-corrected chi connectivity index (χ1v) is 10.7. The van der Waals surface area contributed by atoms with E-state index in [-0.39, 0.29) is 0 Å². The fourth-order valence-corrected chi connectivity index (χ4v) is 4.26. The number of benzene rings is 1. The molecular weight excluding hydrogens is 354 g/mol. The van der Waals surface area contributed by atoms with Crippen LogP contribution in [0.5, 0.6) is 0 Å². The number of rotatable bonds is 6. The average molecular weight is 382 g/mol. The van der Waals surface area contributed by atoms with Gasteiger partial charge in [0, 0.05) is 55.1 Å². The van der Waals surface area contributed by atoms with Crippen LogP contribution < -0.4 is 5.32 Å². The number of aromatic nitrogens is 2. The molecule has 3 aromatic rings. The van der Waals surface area contributed by atoms with E-state index in [9.17, 15) is 0 Å². The Kier molecular flexibility index (Phi) is 5.66. The van der Waals surface area contributed by atoms with Crippen LogP contribution in [-0.2, 0) is 0 Å². The summed E-state index contributed by atoms with van der Waals surface area (Å²) in [5, 5.41) is 8.86. The quantitative estimate of drug-likeness (QED) is 0.704. The fraction of sp³-hybridized carbons (Fsp3) is 0.429. The Morgan fingerprint density at radius 1 is 1.11 bits per heavy atom. The van der Waals surface area contributed by atoms with E-state index >= 15 is 0 Å². The summed E-state index contributed by atoms with van der Waals surface area (Å²) in [7, 11) is 0. The summed E-state index contributed by atoms with van der Waals surface area (Å²) in [5.74, 6) is 1.72. The second kappa shape index (κ2) is 8.33. The highest BCUT2D eigenvalue weighted by Crippen LogP contribution is 2.26. The Labute approximate surface area is 165 Å². The second-order valence-corrected chi connectivity index (χ2v) is 7.91. The Bertz CT molecular complexity index is 871. The van der Waals surface area contributed by atoms with E-state index in [1.54, 1.807) is 11.3 Å². The number of para-hydroxylation sites is 1. The molecule has 1 N–H and O–H groups in total. The van der Waals surface area contributed by atoms with Gasteiger partial charge in [0.1, 0.15) is 5.82 Å². The van der Waals surface area contributed by atoms with Crippen LogP contribution in [0.15, 0.2) is 41.1 Å². The summed E-state index contributed by atoms with van der Waals surface area (Å²) >= 11 is 1.67. The Morgan fingerprint density at radius 2 is 1.93 bits per heavy atom. The summed E-state index contributed by atoms with van der Waals surface area (Å²) in [6.45, 7) is 11.2. The zero-order valence-electron chi connectivity index (χ0n) is 16.1. The van der Waals surface area contributed by atoms with Gasteiger partial charge in [0.25, 0.3) is 0 Å². The van der Waals surface area contributed by atoms with E-state index in [0.29, 0.717) is 6.04 Å². The standard InChI is InChI=1S/C21H27N5S/c1-3-25-9-11-26(12-10-25)16(2)14-22-21-18-6-4-5-7-19(18)23-20(24-21)17-8-13-27-15-17/h4-8,13,15-16H,3,9-12,14H2,1-2H3,(H,22,23,24). The molecule has 3 heterocycles. The summed E-state index contributed by atoms with van der Waals surface area (Å²) in [6.07, 6.45) is 0. The van der Waals surface area contributed by atoms with Crippen molar-refractivity contribution < 1.29 is 0 Å². The number of likely N-dealkylation sites (N-methyl/N-ethyl adjacent to an activating group) is 1. The van der Waals surface area contributed by atoms with Crippen molar-refractivity contribution in [3.8, 4) is 11.4 Å². The molecule has 27 heavy (non-hydrogen) atoms. The molecule has 0 amide bonds. The van der Waals surface area contributed by atoms with Crippen molar-refractivity contribution in [1.82, 2.24) is 19.8 Å². The third kappa shape index (κ3) is 4.13. The van der Waals surface area contributed by atoms with Crippen LogP contribution in [0.2, 0.25) is 0 Å². The normalized spacial score (nSPS) is 17.3. The van der Waals surface area contributed by atoms with Crippen molar-refractivity contribution in [3.63, 3.8) is 0 Å². The van der Waals surface area contributed by atoms with Gasteiger partial charge < -0.3 is 10.2 Å². The molecule has 0 bridgehead atoms.